The van der Waals surface area contributed by atoms with Crippen molar-refractivity contribution in [3.05, 3.63) is 30.1 Å². The third-order valence-electron chi connectivity index (χ3n) is 3.92. The van der Waals surface area contributed by atoms with Crippen molar-refractivity contribution in [3.8, 4) is 0 Å². The van der Waals surface area contributed by atoms with Crippen molar-refractivity contribution in [1.82, 2.24) is 9.71 Å². The second-order valence-electron chi connectivity index (χ2n) is 7.44. The second-order valence-corrected chi connectivity index (χ2v) is 9.43. The number of ether oxygens (including phenoxy) is 2. The Balaban J connectivity index is 2.21. The van der Waals surface area contributed by atoms with E-state index in [2.05, 4.69) is 16.6 Å². The number of hydrogen-bond donors (Lipinski definition) is 1. The van der Waals surface area contributed by atoms with Gasteiger partial charge in [0.05, 0.1) is 12.6 Å². The highest BCUT2D eigenvalue weighted by Crippen LogP contribution is 2.31. The van der Waals surface area contributed by atoms with Gasteiger partial charge in [-0.2, -0.15) is 0 Å². The Labute approximate surface area is 142 Å². The average Bonchev–Trinajstić information content (AvgIpc) is 2.83. The summed E-state index contributed by atoms with van der Waals surface area (Å²) < 4.78 is 27.2. The van der Waals surface area contributed by atoms with E-state index in [1.807, 2.05) is 52.8 Å². The molecule has 4 atom stereocenters. The fourth-order valence-electron chi connectivity index (χ4n) is 2.52. The van der Waals surface area contributed by atoms with Crippen molar-refractivity contribution in [3.63, 3.8) is 0 Å². The zero-order chi connectivity index (χ0) is 17.3. The number of nitrogens with one attached hydrogen (secondary N) is 1. The quantitative estimate of drug-likeness (QED) is 0.835. The van der Waals surface area contributed by atoms with Crippen molar-refractivity contribution in [2.24, 2.45) is 0 Å². The molecule has 2 rings (SSSR count). The maximum atomic E-state index is 12.6. The third kappa shape index (κ3) is 4.90. The Kier molecular flexibility index (Phi) is 5.74. The van der Waals surface area contributed by atoms with E-state index in [1.54, 1.807) is 6.20 Å². The molecule has 1 aliphatic rings. The summed E-state index contributed by atoms with van der Waals surface area (Å²) in [6.45, 7) is 12.2. The number of hydrogen-bond acceptors (Lipinski definition) is 5. The van der Waals surface area contributed by atoms with Crippen LogP contribution in [0.4, 0.5) is 0 Å². The van der Waals surface area contributed by atoms with Crippen LogP contribution >= 0.6 is 0 Å². The van der Waals surface area contributed by atoms with Gasteiger partial charge in [0.15, 0.2) is 5.79 Å². The van der Waals surface area contributed by atoms with Gasteiger partial charge in [0.2, 0.25) is 0 Å². The highest BCUT2D eigenvalue weighted by molar-refractivity contribution is 7.90. The van der Waals surface area contributed by atoms with E-state index >= 15 is 0 Å². The van der Waals surface area contributed by atoms with Crippen LogP contribution in [0.25, 0.3) is 0 Å². The maximum absolute atomic E-state index is 12.6. The summed E-state index contributed by atoms with van der Waals surface area (Å²) >= 11 is -1.20. The molecule has 1 N–H and O–H groups in total. The zero-order valence-corrected chi connectivity index (χ0v) is 15.6. The van der Waals surface area contributed by atoms with Gasteiger partial charge in [0, 0.05) is 29.2 Å². The lowest BCUT2D eigenvalue weighted by atomic mass is 9.94. The standard InChI is InChI=1S/C17H28N2O3S/c1-12(13-9-7-8-10-18-13)15(19-23(20)16(2,3)4)14-11-21-17(5,6)22-14/h7-10,12,14-15,19H,11H2,1-6H3/t12?,14-,15?,23?/m1/s1. The predicted octanol–water partition coefficient (Wildman–Crippen LogP) is 2.76. The van der Waals surface area contributed by atoms with Crippen molar-refractivity contribution >= 4 is 11.4 Å². The summed E-state index contributed by atoms with van der Waals surface area (Å²) in [7, 11) is 0. The summed E-state index contributed by atoms with van der Waals surface area (Å²) in [6, 6.07) is 5.70. The van der Waals surface area contributed by atoms with Crippen LogP contribution in [0.2, 0.25) is 0 Å². The first-order valence-corrected chi connectivity index (χ1v) is 9.16. The van der Waals surface area contributed by atoms with Gasteiger partial charge in [-0.15, -0.1) is 4.72 Å². The minimum atomic E-state index is -1.20. The van der Waals surface area contributed by atoms with Gasteiger partial charge in [0.1, 0.15) is 10.9 Å². The molecule has 1 aromatic rings. The molecule has 1 aromatic heterocycles. The summed E-state index contributed by atoms with van der Waals surface area (Å²) in [4.78, 5) is 4.44. The summed E-state index contributed by atoms with van der Waals surface area (Å²) in [5.74, 6) is -0.567. The Morgan fingerprint density at radius 2 is 2.09 bits per heavy atom. The van der Waals surface area contributed by atoms with E-state index in [0.29, 0.717) is 6.61 Å². The van der Waals surface area contributed by atoms with E-state index in [4.69, 9.17) is 9.47 Å². The first kappa shape index (κ1) is 18.7. The van der Waals surface area contributed by atoms with Gasteiger partial charge >= 0.3 is 0 Å². The van der Waals surface area contributed by atoms with Gasteiger partial charge in [-0.25, -0.2) is 0 Å². The number of aromatic nitrogens is 1. The summed E-state index contributed by atoms with van der Waals surface area (Å²) in [5.41, 5.74) is 0.948. The molecule has 0 spiro atoms. The lowest BCUT2D eigenvalue weighted by Gasteiger charge is -2.33. The minimum absolute atomic E-state index is 0.0463. The van der Waals surface area contributed by atoms with Crippen molar-refractivity contribution in [2.75, 3.05) is 6.61 Å². The lowest BCUT2D eigenvalue weighted by molar-refractivity contribution is -0.141. The first-order valence-electron chi connectivity index (χ1n) is 8.01. The molecular formula is C17H28N2O3S. The molecule has 0 bridgehead atoms. The Bertz CT molecular complexity index is 504. The zero-order valence-electron chi connectivity index (χ0n) is 14.8. The summed E-state index contributed by atoms with van der Waals surface area (Å²) in [5, 5.41) is 0. The molecule has 0 amide bonds. The molecule has 3 unspecified atom stereocenters. The van der Waals surface area contributed by atoms with Gasteiger partial charge in [0.25, 0.3) is 0 Å². The Morgan fingerprint density at radius 3 is 2.57 bits per heavy atom. The first-order chi connectivity index (χ1) is 10.6. The Morgan fingerprint density at radius 1 is 1.39 bits per heavy atom. The van der Waals surface area contributed by atoms with Crippen LogP contribution in [-0.2, 0) is 20.8 Å². The van der Waals surface area contributed by atoms with Gasteiger partial charge in [-0.05, 0) is 46.8 Å². The Hall–Kier alpha value is -0.660. The van der Waals surface area contributed by atoms with E-state index in [-0.39, 0.29) is 22.8 Å². The molecule has 5 nitrogen and oxygen atoms in total. The van der Waals surface area contributed by atoms with Crippen LogP contribution in [0, 0.1) is 0 Å². The molecule has 1 saturated heterocycles. The molecular weight excluding hydrogens is 312 g/mol. The lowest BCUT2D eigenvalue weighted by Crippen LogP contribution is -2.52. The fourth-order valence-corrected chi connectivity index (χ4v) is 3.48. The van der Waals surface area contributed by atoms with Crippen LogP contribution < -0.4 is 4.72 Å². The smallest absolute Gasteiger partial charge is 0.163 e. The van der Waals surface area contributed by atoms with E-state index in [1.165, 1.54) is 0 Å². The number of nitrogens with zero attached hydrogens (tertiary/aromatic N) is 1. The van der Waals surface area contributed by atoms with E-state index in [0.717, 1.165) is 5.69 Å². The maximum Gasteiger partial charge on any atom is 0.163 e. The molecule has 0 aliphatic carbocycles. The van der Waals surface area contributed by atoms with E-state index < -0.39 is 17.1 Å². The van der Waals surface area contributed by atoms with Crippen molar-refractivity contribution in [1.29, 1.82) is 0 Å². The van der Waals surface area contributed by atoms with Gasteiger partial charge in [-0.1, -0.05) is 13.0 Å². The van der Waals surface area contributed by atoms with Gasteiger partial charge < -0.3 is 14.0 Å². The molecule has 0 aromatic carbocycles. The SMILES string of the molecule is CC(c1ccccn1)C(N[S+]([O-])C(C)(C)C)[C@H]1COC(C)(C)O1. The van der Waals surface area contributed by atoms with Crippen molar-refractivity contribution in [2.45, 2.75) is 70.1 Å². The summed E-state index contributed by atoms with van der Waals surface area (Å²) in [6.07, 6.45) is 1.60. The van der Waals surface area contributed by atoms with E-state index in [9.17, 15) is 4.55 Å². The predicted molar refractivity (Wildman–Crippen MR) is 92.4 cm³/mol. The third-order valence-corrected chi connectivity index (χ3v) is 5.52. The van der Waals surface area contributed by atoms with Crippen LogP contribution in [0.5, 0.6) is 0 Å². The number of pyridine rings is 1. The molecule has 1 aliphatic heterocycles. The van der Waals surface area contributed by atoms with Crippen LogP contribution in [-0.4, -0.2) is 38.8 Å². The number of rotatable bonds is 5. The van der Waals surface area contributed by atoms with Crippen LogP contribution in [0.15, 0.2) is 24.4 Å². The molecule has 0 radical (unpaired) electrons. The average molecular weight is 340 g/mol. The molecule has 0 saturated carbocycles. The van der Waals surface area contributed by atoms with Crippen LogP contribution in [0.3, 0.4) is 0 Å². The van der Waals surface area contributed by atoms with Crippen LogP contribution in [0.1, 0.15) is 53.2 Å². The monoisotopic (exact) mass is 340 g/mol. The van der Waals surface area contributed by atoms with Gasteiger partial charge in [-0.3, -0.25) is 4.98 Å². The van der Waals surface area contributed by atoms with Crippen molar-refractivity contribution < 1.29 is 14.0 Å². The second kappa shape index (κ2) is 7.07. The molecule has 6 heteroatoms. The highest BCUT2D eigenvalue weighted by Gasteiger charge is 2.43. The normalized spacial score (nSPS) is 25.1. The minimum Gasteiger partial charge on any atom is -0.598 e. The fraction of sp³-hybridized carbons (Fsp3) is 0.706. The molecule has 130 valence electrons. The molecule has 23 heavy (non-hydrogen) atoms. The largest absolute Gasteiger partial charge is 0.598 e. The molecule has 2 heterocycles. The molecule has 1 fully saturated rings. The topological polar surface area (TPSA) is 66.4 Å². The highest BCUT2D eigenvalue weighted by atomic mass is 32.2.